The van der Waals surface area contributed by atoms with E-state index in [-0.39, 0.29) is 17.8 Å². The Bertz CT molecular complexity index is 601. The summed E-state index contributed by atoms with van der Waals surface area (Å²) in [5.41, 5.74) is 1.60. The fourth-order valence-corrected chi connectivity index (χ4v) is 2.52. The van der Waals surface area contributed by atoms with Crippen molar-refractivity contribution in [3.05, 3.63) is 69.9 Å². The van der Waals surface area contributed by atoms with Crippen LogP contribution in [0.25, 0.3) is 0 Å². The number of hydrogen-bond acceptors (Lipinski definition) is 1. The number of benzene rings is 2. The Morgan fingerprint density at radius 3 is 2.60 bits per heavy atom. The first kappa shape index (κ1) is 14.7. The van der Waals surface area contributed by atoms with E-state index in [0.29, 0.717) is 10.0 Å². The van der Waals surface area contributed by atoms with Gasteiger partial charge in [0.25, 0.3) is 5.91 Å². The maximum absolute atomic E-state index is 13.0. The van der Waals surface area contributed by atoms with Crippen LogP contribution < -0.4 is 5.32 Å². The van der Waals surface area contributed by atoms with Gasteiger partial charge in [-0.2, -0.15) is 0 Å². The number of rotatable bonds is 4. The molecule has 1 amide bonds. The summed E-state index contributed by atoms with van der Waals surface area (Å²) in [4.78, 5) is 12.1. The van der Waals surface area contributed by atoms with E-state index in [1.165, 1.54) is 23.8 Å². The largest absolute Gasteiger partial charge is 0.349 e. The summed E-state index contributed by atoms with van der Waals surface area (Å²) in [5, 5.41) is 2.91. The van der Waals surface area contributed by atoms with Crippen LogP contribution in [-0.4, -0.2) is 11.9 Å². The first-order valence-electron chi connectivity index (χ1n) is 6.36. The summed E-state index contributed by atoms with van der Waals surface area (Å²) in [6.07, 6.45) is 0.755. The molecule has 2 aromatic carbocycles. The Hall–Kier alpha value is -1.68. The molecule has 2 nitrogen and oxygen atoms in total. The highest BCUT2D eigenvalue weighted by Crippen LogP contribution is 2.18. The minimum absolute atomic E-state index is 0.00172. The molecule has 1 N–H and O–H groups in total. The van der Waals surface area contributed by atoms with Crippen molar-refractivity contribution < 1.29 is 9.18 Å². The summed E-state index contributed by atoms with van der Waals surface area (Å²) in [7, 11) is 0. The molecule has 1 unspecified atom stereocenters. The SMILES string of the molecule is CC(Cc1ccccc1)NC(=O)c1ccc(F)cc1Br. The quantitative estimate of drug-likeness (QED) is 0.900. The summed E-state index contributed by atoms with van der Waals surface area (Å²) in [6.45, 7) is 1.95. The molecule has 0 radical (unpaired) electrons. The molecule has 0 heterocycles. The lowest BCUT2D eigenvalue weighted by molar-refractivity contribution is 0.0939. The van der Waals surface area contributed by atoms with E-state index in [9.17, 15) is 9.18 Å². The van der Waals surface area contributed by atoms with Gasteiger partial charge >= 0.3 is 0 Å². The van der Waals surface area contributed by atoms with Crippen LogP contribution in [0.3, 0.4) is 0 Å². The zero-order chi connectivity index (χ0) is 14.5. The topological polar surface area (TPSA) is 29.1 Å². The average Bonchev–Trinajstić information content (AvgIpc) is 2.39. The van der Waals surface area contributed by atoms with E-state index in [1.54, 1.807) is 0 Å². The molecule has 2 rings (SSSR count). The predicted molar refractivity (Wildman–Crippen MR) is 81.2 cm³/mol. The zero-order valence-electron chi connectivity index (χ0n) is 11.1. The van der Waals surface area contributed by atoms with Gasteiger partial charge in [-0.15, -0.1) is 0 Å². The Kier molecular flexibility index (Phi) is 4.90. The summed E-state index contributed by atoms with van der Waals surface area (Å²) < 4.78 is 13.5. The summed E-state index contributed by atoms with van der Waals surface area (Å²) >= 11 is 3.20. The number of hydrogen-bond donors (Lipinski definition) is 1. The van der Waals surface area contributed by atoms with Gasteiger partial charge in [-0.05, 0) is 53.0 Å². The number of carbonyl (C=O) groups excluding carboxylic acids is 1. The van der Waals surface area contributed by atoms with Gasteiger partial charge in [0, 0.05) is 10.5 Å². The van der Waals surface area contributed by atoms with E-state index >= 15 is 0 Å². The van der Waals surface area contributed by atoms with E-state index in [0.717, 1.165) is 6.42 Å². The smallest absolute Gasteiger partial charge is 0.252 e. The van der Waals surface area contributed by atoms with Crippen LogP contribution in [0, 0.1) is 5.82 Å². The number of nitrogens with one attached hydrogen (secondary N) is 1. The maximum atomic E-state index is 13.0. The molecule has 0 aliphatic heterocycles. The summed E-state index contributed by atoms with van der Waals surface area (Å²) in [5.74, 6) is -0.578. The number of amides is 1. The highest BCUT2D eigenvalue weighted by Gasteiger charge is 2.13. The first-order valence-corrected chi connectivity index (χ1v) is 7.15. The third kappa shape index (κ3) is 3.90. The molecule has 0 aliphatic rings. The standard InChI is InChI=1S/C16H15BrFNO/c1-11(9-12-5-3-2-4-6-12)19-16(20)14-8-7-13(18)10-15(14)17/h2-8,10-11H,9H2,1H3,(H,19,20). The molecule has 0 saturated heterocycles. The second-order valence-electron chi connectivity index (χ2n) is 4.69. The zero-order valence-corrected chi connectivity index (χ0v) is 12.7. The van der Waals surface area contributed by atoms with Gasteiger partial charge in [-0.1, -0.05) is 30.3 Å². The van der Waals surface area contributed by atoms with Crippen molar-refractivity contribution in [2.45, 2.75) is 19.4 Å². The van der Waals surface area contributed by atoms with Crippen LogP contribution in [0.15, 0.2) is 53.0 Å². The second kappa shape index (κ2) is 6.66. The molecule has 20 heavy (non-hydrogen) atoms. The van der Waals surface area contributed by atoms with Crippen molar-refractivity contribution >= 4 is 21.8 Å². The van der Waals surface area contributed by atoms with Crippen molar-refractivity contribution in [1.29, 1.82) is 0 Å². The van der Waals surface area contributed by atoms with Crippen LogP contribution in [0.2, 0.25) is 0 Å². The average molecular weight is 336 g/mol. The van der Waals surface area contributed by atoms with Crippen molar-refractivity contribution in [2.24, 2.45) is 0 Å². The minimum atomic E-state index is -0.370. The molecule has 0 aliphatic carbocycles. The molecule has 2 aromatic rings. The number of carbonyl (C=O) groups is 1. The molecule has 1 atom stereocenters. The molecule has 104 valence electrons. The molecule has 0 saturated carbocycles. The van der Waals surface area contributed by atoms with Gasteiger partial charge in [0.2, 0.25) is 0 Å². The van der Waals surface area contributed by atoms with Crippen LogP contribution in [0.4, 0.5) is 4.39 Å². The second-order valence-corrected chi connectivity index (χ2v) is 5.54. The third-order valence-corrected chi connectivity index (χ3v) is 3.59. The molecular formula is C16H15BrFNO. The van der Waals surface area contributed by atoms with Gasteiger partial charge < -0.3 is 5.32 Å². The fraction of sp³-hybridized carbons (Fsp3) is 0.188. The normalized spacial score (nSPS) is 11.9. The van der Waals surface area contributed by atoms with E-state index < -0.39 is 0 Å². The van der Waals surface area contributed by atoms with Crippen molar-refractivity contribution in [3.63, 3.8) is 0 Å². The van der Waals surface area contributed by atoms with Crippen LogP contribution >= 0.6 is 15.9 Å². The Morgan fingerprint density at radius 1 is 1.25 bits per heavy atom. The lowest BCUT2D eigenvalue weighted by atomic mass is 10.1. The molecule has 4 heteroatoms. The van der Waals surface area contributed by atoms with Crippen LogP contribution in [0.1, 0.15) is 22.8 Å². The molecule has 0 bridgehead atoms. The highest BCUT2D eigenvalue weighted by molar-refractivity contribution is 9.10. The first-order chi connectivity index (χ1) is 9.56. The Morgan fingerprint density at radius 2 is 1.95 bits per heavy atom. The highest BCUT2D eigenvalue weighted by atomic mass is 79.9. The lowest BCUT2D eigenvalue weighted by Gasteiger charge is -2.14. The Labute approximate surface area is 126 Å². The Balaban J connectivity index is 2.00. The lowest BCUT2D eigenvalue weighted by Crippen LogP contribution is -2.34. The van der Waals surface area contributed by atoms with Crippen molar-refractivity contribution in [2.75, 3.05) is 0 Å². The van der Waals surface area contributed by atoms with Gasteiger partial charge in [0.1, 0.15) is 5.82 Å². The van der Waals surface area contributed by atoms with Gasteiger partial charge in [0.15, 0.2) is 0 Å². The maximum Gasteiger partial charge on any atom is 0.252 e. The van der Waals surface area contributed by atoms with Crippen LogP contribution in [-0.2, 0) is 6.42 Å². The van der Waals surface area contributed by atoms with E-state index in [2.05, 4.69) is 21.2 Å². The predicted octanol–water partition coefficient (Wildman–Crippen LogP) is 3.95. The van der Waals surface area contributed by atoms with Gasteiger partial charge in [-0.3, -0.25) is 4.79 Å². The van der Waals surface area contributed by atoms with Gasteiger partial charge in [-0.25, -0.2) is 4.39 Å². The minimum Gasteiger partial charge on any atom is -0.349 e. The third-order valence-electron chi connectivity index (χ3n) is 2.94. The van der Waals surface area contributed by atoms with Crippen LogP contribution in [0.5, 0.6) is 0 Å². The summed E-state index contributed by atoms with van der Waals surface area (Å²) in [6, 6.07) is 14.0. The van der Waals surface area contributed by atoms with Gasteiger partial charge in [0.05, 0.1) is 5.56 Å². The van der Waals surface area contributed by atoms with Crippen molar-refractivity contribution in [3.8, 4) is 0 Å². The molecule has 0 aromatic heterocycles. The van der Waals surface area contributed by atoms with Crippen molar-refractivity contribution in [1.82, 2.24) is 5.32 Å². The molecular weight excluding hydrogens is 321 g/mol. The number of halogens is 2. The fourth-order valence-electron chi connectivity index (χ4n) is 1.99. The van der Waals surface area contributed by atoms with E-state index in [1.807, 2.05) is 37.3 Å². The van der Waals surface area contributed by atoms with E-state index in [4.69, 9.17) is 0 Å². The molecule has 0 fully saturated rings. The monoisotopic (exact) mass is 335 g/mol. The molecule has 0 spiro atoms.